The summed E-state index contributed by atoms with van der Waals surface area (Å²) < 4.78 is 28.0. The molecule has 5 unspecified atom stereocenters. The summed E-state index contributed by atoms with van der Waals surface area (Å²) in [4.78, 5) is 29.5. The second-order valence-corrected chi connectivity index (χ2v) is 10.6. The predicted octanol–water partition coefficient (Wildman–Crippen LogP) is 3.56. The van der Waals surface area contributed by atoms with Gasteiger partial charge in [0.15, 0.2) is 5.13 Å². The van der Waals surface area contributed by atoms with Gasteiger partial charge >= 0.3 is 5.97 Å². The monoisotopic (exact) mass is 480 g/mol. The van der Waals surface area contributed by atoms with Crippen LogP contribution in [0.5, 0.6) is 0 Å². The molecule has 7 nitrogen and oxygen atoms in total. The SMILES string of the molecule is CC1(CO)C(O)CCC2(C)C(CC(=O)O)c3nc(NC(=O)c4c(F)cccc4F)sc3CC12. The zero-order chi connectivity index (χ0) is 24.1. The summed E-state index contributed by atoms with van der Waals surface area (Å²) in [5, 5.41) is 33.1. The molecule has 1 saturated carbocycles. The third-order valence-corrected chi connectivity index (χ3v) is 8.69. The van der Waals surface area contributed by atoms with Gasteiger partial charge in [0, 0.05) is 16.2 Å². The van der Waals surface area contributed by atoms with Crippen molar-refractivity contribution in [3.05, 3.63) is 46.0 Å². The lowest BCUT2D eigenvalue weighted by Crippen LogP contribution is -2.57. The summed E-state index contributed by atoms with van der Waals surface area (Å²) in [5.74, 6) is -4.70. The van der Waals surface area contributed by atoms with Crippen molar-refractivity contribution in [2.24, 2.45) is 16.7 Å². The first-order valence-corrected chi connectivity index (χ1v) is 11.6. The van der Waals surface area contributed by atoms with Crippen molar-refractivity contribution in [2.75, 3.05) is 11.9 Å². The van der Waals surface area contributed by atoms with Crippen LogP contribution >= 0.6 is 11.3 Å². The minimum absolute atomic E-state index is 0.122. The first-order valence-electron chi connectivity index (χ1n) is 10.8. The van der Waals surface area contributed by atoms with Crippen LogP contribution in [0.2, 0.25) is 0 Å². The maximum atomic E-state index is 14.0. The number of nitrogens with zero attached hydrogens (tertiary/aromatic N) is 1. The summed E-state index contributed by atoms with van der Waals surface area (Å²) >= 11 is 1.12. The maximum Gasteiger partial charge on any atom is 0.304 e. The number of rotatable bonds is 5. The van der Waals surface area contributed by atoms with Gasteiger partial charge in [-0.2, -0.15) is 0 Å². The van der Waals surface area contributed by atoms with Gasteiger partial charge in [-0.15, -0.1) is 11.3 Å². The van der Waals surface area contributed by atoms with Gasteiger partial charge in [0.2, 0.25) is 0 Å². The van der Waals surface area contributed by atoms with Crippen LogP contribution in [0.1, 0.15) is 60.0 Å². The largest absolute Gasteiger partial charge is 0.481 e. The van der Waals surface area contributed by atoms with E-state index in [1.165, 1.54) is 0 Å². The highest BCUT2D eigenvalue weighted by atomic mass is 32.1. The van der Waals surface area contributed by atoms with E-state index in [1.807, 2.05) is 13.8 Å². The van der Waals surface area contributed by atoms with Gasteiger partial charge < -0.3 is 15.3 Å². The van der Waals surface area contributed by atoms with Crippen LogP contribution in [0.4, 0.5) is 13.9 Å². The van der Waals surface area contributed by atoms with E-state index in [2.05, 4.69) is 10.3 Å². The quantitative estimate of drug-likeness (QED) is 0.520. The number of benzene rings is 1. The highest BCUT2D eigenvalue weighted by molar-refractivity contribution is 7.15. The van der Waals surface area contributed by atoms with Crippen LogP contribution < -0.4 is 5.32 Å². The number of aliphatic hydroxyl groups is 2. The van der Waals surface area contributed by atoms with Crippen molar-refractivity contribution < 1.29 is 33.7 Å². The van der Waals surface area contributed by atoms with Gasteiger partial charge in [0.25, 0.3) is 5.91 Å². The lowest BCUT2D eigenvalue weighted by atomic mass is 9.47. The Hall–Kier alpha value is -2.43. The number of nitrogens with one attached hydrogen (secondary N) is 1. The third kappa shape index (κ3) is 3.83. The van der Waals surface area contributed by atoms with Gasteiger partial charge in [0.05, 0.1) is 24.8 Å². The minimum Gasteiger partial charge on any atom is -0.481 e. The Morgan fingerprint density at radius 2 is 1.94 bits per heavy atom. The third-order valence-electron chi connectivity index (χ3n) is 7.68. The maximum absolute atomic E-state index is 14.0. The molecule has 10 heteroatoms. The number of aliphatic carboxylic acids is 1. The summed E-state index contributed by atoms with van der Waals surface area (Å²) in [6, 6.07) is 3.13. The van der Waals surface area contributed by atoms with Crippen LogP contribution in [0, 0.1) is 28.4 Å². The molecule has 2 aromatic rings. The number of carboxylic acids is 1. The number of halogens is 2. The Morgan fingerprint density at radius 3 is 2.55 bits per heavy atom. The minimum atomic E-state index is -1.00. The number of hydrogen-bond donors (Lipinski definition) is 4. The topological polar surface area (TPSA) is 120 Å². The molecule has 178 valence electrons. The van der Waals surface area contributed by atoms with Crippen molar-refractivity contribution in [3.63, 3.8) is 0 Å². The molecule has 1 heterocycles. The number of thiazole rings is 1. The van der Waals surface area contributed by atoms with Crippen LogP contribution in [0.3, 0.4) is 0 Å². The molecule has 2 aliphatic carbocycles. The van der Waals surface area contributed by atoms with Gasteiger partial charge in [0.1, 0.15) is 17.2 Å². The van der Waals surface area contributed by atoms with Gasteiger partial charge in [-0.05, 0) is 42.7 Å². The van der Waals surface area contributed by atoms with Gasteiger partial charge in [-0.3, -0.25) is 14.9 Å². The highest BCUT2D eigenvalue weighted by Gasteiger charge is 2.59. The average Bonchev–Trinajstić information content (AvgIpc) is 3.14. The van der Waals surface area contributed by atoms with Crippen LogP contribution in [-0.4, -0.2) is 44.9 Å². The fourth-order valence-electron chi connectivity index (χ4n) is 5.75. The Morgan fingerprint density at radius 1 is 1.27 bits per heavy atom. The number of carbonyl (C=O) groups excluding carboxylic acids is 1. The van der Waals surface area contributed by atoms with E-state index in [0.29, 0.717) is 25.0 Å². The fraction of sp³-hybridized carbons (Fsp3) is 0.522. The number of amides is 1. The molecule has 0 radical (unpaired) electrons. The molecule has 0 aliphatic heterocycles. The van der Waals surface area contributed by atoms with E-state index in [1.54, 1.807) is 0 Å². The van der Waals surface area contributed by atoms with Gasteiger partial charge in [-0.25, -0.2) is 13.8 Å². The van der Waals surface area contributed by atoms with Crippen molar-refractivity contribution >= 4 is 28.3 Å². The number of fused-ring (bicyclic) bond motifs is 2. The lowest BCUT2D eigenvalue weighted by molar-refractivity contribution is -0.150. The summed E-state index contributed by atoms with van der Waals surface area (Å²) in [6.07, 6.45) is 0.499. The molecule has 5 atom stereocenters. The molecular weight excluding hydrogens is 454 g/mol. The highest BCUT2D eigenvalue weighted by Crippen LogP contribution is 2.62. The zero-order valence-electron chi connectivity index (χ0n) is 18.3. The number of carbonyl (C=O) groups is 2. The van der Waals surface area contributed by atoms with Crippen molar-refractivity contribution in [1.82, 2.24) is 4.98 Å². The smallest absolute Gasteiger partial charge is 0.304 e. The first kappa shape index (κ1) is 23.7. The average molecular weight is 481 g/mol. The van der Waals surface area contributed by atoms with E-state index in [9.17, 15) is 33.7 Å². The van der Waals surface area contributed by atoms with Gasteiger partial charge in [-0.1, -0.05) is 19.9 Å². The molecule has 33 heavy (non-hydrogen) atoms. The Bertz CT molecular complexity index is 1090. The first-order chi connectivity index (χ1) is 15.5. The number of anilines is 1. The fourth-order valence-corrected chi connectivity index (χ4v) is 6.81. The van der Waals surface area contributed by atoms with Crippen molar-refractivity contribution in [1.29, 1.82) is 0 Å². The molecule has 2 aliphatic rings. The van der Waals surface area contributed by atoms with Crippen LogP contribution in [0.25, 0.3) is 0 Å². The molecular formula is C23H26F2N2O5S. The standard InChI is InChI=1S/C23H26F2N2O5S/c1-22-7-6-16(29)23(2,10-28)15(22)9-14-19(11(22)8-17(30)31)26-21(33-14)27-20(32)18-12(24)4-3-5-13(18)25/h3-5,11,15-16,28-29H,6-10H2,1-2H3,(H,30,31)(H,26,27,32). The second-order valence-electron chi connectivity index (χ2n) is 9.51. The molecule has 1 aromatic carbocycles. The van der Waals surface area contributed by atoms with E-state index >= 15 is 0 Å². The van der Waals surface area contributed by atoms with Crippen LogP contribution in [-0.2, 0) is 11.2 Å². The molecule has 4 N–H and O–H groups in total. The number of aromatic nitrogens is 1. The second kappa shape index (κ2) is 8.41. The molecule has 1 amide bonds. The van der Waals surface area contributed by atoms with E-state index < -0.39 is 51.9 Å². The Labute approximate surface area is 193 Å². The molecule has 0 spiro atoms. The summed E-state index contributed by atoms with van der Waals surface area (Å²) in [6.45, 7) is 3.53. The number of hydrogen-bond acceptors (Lipinski definition) is 6. The predicted molar refractivity (Wildman–Crippen MR) is 117 cm³/mol. The molecule has 1 aromatic heterocycles. The Balaban J connectivity index is 1.73. The number of carboxylic acid groups (broad SMARTS) is 1. The van der Waals surface area contributed by atoms with E-state index in [4.69, 9.17) is 0 Å². The van der Waals surface area contributed by atoms with Crippen molar-refractivity contribution in [3.8, 4) is 0 Å². The zero-order valence-corrected chi connectivity index (χ0v) is 19.1. The van der Waals surface area contributed by atoms with E-state index in [-0.39, 0.29) is 24.1 Å². The van der Waals surface area contributed by atoms with Crippen LogP contribution in [0.15, 0.2) is 18.2 Å². The van der Waals surface area contributed by atoms with Crippen molar-refractivity contribution in [2.45, 2.75) is 51.6 Å². The molecule has 0 bridgehead atoms. The number of aliphatic hydroxyl groups excluding tert-OH is 2. The summed E-state index contributed by atoms with van der Waals surface area (Å²) in [5.41, 5.74) is -1.55. The molecule has 1 fully saturated rings. The van der Waals surface area contributed by atoms with E-state index in [0.717, 1.165) is 34.4 Å². The normalized spacial score (nSPS) is 30.9. The Kier molecular flexibility index (Phi) is 6.05. The summed E-state index contributed by atoms with van der Waals surface area (Å²) in [7, 11) is 0. The lowest BCUT2D eigenvalue weighted by Gasteiger charge is -2.58. The molecule has 0 saturated heterocycles. The molecule has 4 rings (SSSR count).